The van der Waals surface area contributed by atoms with Gasteiger partial charge in [0, 0.05) is 0 Å². The summed E-state index contributed by atoms with van der Waals surface area (Å²) < 4.78 is 0. The van der Waals surface area contributed by atoms with Crippen LogP contribution in [0.4, 0.5) is 0 Å². The van der Waals surface area contributed by atoms with E-state index in [-0.39, 0.29) is 5.41 Å². The average molecular weight is 180 g/mol. The van der Waals surface area contributed by atoms with Crippen LogP contribution in [-0.4, -0.2) is 6.29 Å². The molecule has 0 aliphatic heterocycles. The second kappa shape index (κ2) is 4.40. The Morgan fingerprint density at radius 2 is 1.85 bits per heavy atom. The summed E-state index contributed by atoms with van der Waals surface area (Å²) in [4.78, 5) is 10.3. The fourth-order valence-electron chi connectivity index (χ4n) is 1.07. The summed E-state index contributed by atoms with van der Waals surface area (Å²) >= 11 is 0. The van der Waals surface area contributed by atoms with Crippen LogP contribution in [0.15, 0.2) is 23.8 Å². The molecule has 0 aromatic heterocycles. The van der Waals surface area contributed by atoms with Crippen molar-refractivity contribution in [3.8, 4) is 0 Å². The monoisotopic (exact) mass is 180 g/mol. The van der Waals surface area contributed by atoms with Crippen LogP contribution in [0.3, 0.4) is 0 Å². The van der Waals surface area contributed by atoms with Gasteiger partial charge in [-0.3, -0.25) is 4.79 Å². The molecule has 0 N–H and O–H groups in total. The summed E-state index contributed by atoms with van der Waals surface area (Å²) in [6, 6.07) is 0. The lowest BCUT2D eigenvalue weighted by molar-refractivity contribution is -0.104. The Labute approximate surface area is 81.5 Å². The summed E-state index contributed by atoms with van der Waals surface area (Å²) in [5.74, 6) is 0.392. The number of aldehydes is 1. The molecule has 0 rings (SSSR count). The third-order valence-corrected chi connectivity index (χ3v) is 2.65. The molecular formula is C12H20O. The number of hydrogen-bond donors (Lipinski definition) is 0. The first-order valence-corrected chi connectivity index (χ1v) is 4.62. The standard InChI is InChI=1S/C12H20O/c1-9(7-8-13)10(2)11(3)12(4,5)6/h7-8,11H,2H2,1,3-6H3. The molecule has 0 saturated heterocycles. The number of allylic oxidation sites excluding steroid dienone is 3. The number of hydrogen-bond acceptors (Lipinski definition) is 1. The highest BCUT2D eigenvalue weighted by Gasteiger charge is 2.22. The van der Waals surface area contributed by atoms with Crippen LogP contribution >= 0.6 is 0 Å². The molecular weight excluding hydrogens is 160 g/mol. The van der Waals surface area contributed by atoms with Crippen LogP contribution in [0.1, 0.15) is 34.6 Å². The third-order valence-electron chi connectivity index (χ3n) is 2.65. The van der Waals surface area contributed by atoms with Gasteiger partial charge in [-0.25, -0.2) is 0 Å². The van der Waals surface area contributed by atoms with Gasteiger partial charge in [-0.2, -0.15) is 0 Å². The van der Waals surface area contributed by atoms with E-state index in [4.69, 9.17) is 0 Å². The van der Waals surface area contributed by atoms with Crippen LogP contribution in [0.25, 0.3) is 0 Å². The molecule has 0 aliphatic carbocycles. The van der Waals surface area contributed by atoms with Gasteiger partial charge in [0.15, 0.2) is 0 Å². The zero-order valence-corrected chi connectivity index (χ0v) is 9.35. The van der Waals surface area contributed by atoms with Crippen molar-refractivity contribution < 1.29 is 4.79 Å². The number of rotatable bonds is 3. The van der Waals surface area contributed by atoms with Gasteiger partial charge in [-0.15, -0.1) is 0 Å². The Morgan fingerprint density at radius 1 is 1.38 bits per heavy atom. The second-order valence-electron chi connectivity index (χ2n) is 4.60. The lowest BCUT2D eigenvalue weighted by Crippen LogP contribution is -2.19. The first-order valence-electron chi connectivity index (χ1n) is 4.62. The molecule has 0 heterocycles. The first kappa shape index (κ1) is 12.2. The van der Waals surface area contributed by atoms with Crippen molar-refractivity contribution in [1.82, 2.24) is 0 Å². The van der Waals surface area contributed by atoms with Gasteiger partial charge in [0.05, 0.1) is 0 Å². The fraction of sp³-hybridized carbons (Fsp3) is 0.583. The van der Waals surface area contributed by atoms with E-state index in [1.807, 2.05) is 6.92 Å². The minimum absolute atomic E-state index is 0.203. The maximum atomic E-state index is 10.3. The van der Waals surface area contributed by atoms with Crippen LogP contribution in [-0.2, 0) is 4.79 Å². The van der Waals surface area contributed by atoms with E-state index in [2.05, 4.69) is 34.3 Å². The van der Waals surface area contributed by atoms with E-state index >= 15 is 0 Å². The van der Waals surface area contributed by atoms with Crippen molar-refractivity contribution in [1.29, 1.82) is 0 Å². The summed E-state index contributed by atoms with van der Waals surface area (Å²) in [6.45, 7) is 14.6. The smallest absolute Gasteiger partial charge is 0.143 e. The van der Waals surface area contributed by atoms with Crippen LogP contribution in [0, 0.1) is 11.3 Å². The minimum Gasteiger partial charge on any atom is -0.299 e. The highest BCUT2D eigenvalue weighted by molar-refractivity contribution is 5.67. The van der Waals surface area contributed by atoms with Crippen LogP contribution < -0.4 is 0 Å². The summed E-state index contributed by atoms with van der Waals surface area (Å²) in [5, 5.41) is 0. The van der Waals surface area contributed by atoms with Gasteiger partial charge >= 0.3 is 0 Å². The van der Waals surface area contributed by atoms with Crippen molar-refractivity contribution in [2.45, 2.75) is 34.6 Å². The lowest BCUT2D eigenvalue weighted by atomic mass is 9.76. The zero-order valence-electron chi connectivity index (χ0n) is 9.35. The highest BCUT2D eigenvalue weighted by Crippen LogP contribution is 2.33. The predicted octanol–water partition coefficient (Wildman–Crippen LogP) is 3.37. The van der Waals surface area contributed by atoms with E-state index < -0.39 is 0 Å². The second-order valence-corrected chi connectivity index (χ2v) is 4.60. The van der Waals surface area contributed by atoms with Gasteiger partial charge in [-0.05, 0) is 35.5 Å². The minimum atomic E-state index is 0.203. The van der Waals surface area contributed by atoms with Crippen molar-refractivity contribution >= 4 is 6.29 Å². The molecule has 13 heavy (non-hydrogen) atoms. The topological polar surface area (TPSA) is 17.1 Å². The molecule has 1 atom stereocenters. The molecule has 0 fully saturated rings. The molecule has 1 heteroatoms. The van der Waals surface area contributed by atoms with Crippen molar-refractivity contribution in [2.75, 3.05) is 0 Å². The Bertz CT molecular complexity index is 228. The molecule has 1 nitrogen and oxygen atoms in total. The maximum Gasteiger partial charge on any atom is 0.143 e. The Kier molecular flexibility index (Phi) is 4.12. The molecule has 0 aromatic rings. The van der Waals surface area contributed by atoms with Gasteiger partial charge in [0.2, 0.25) is 0 Å². The average Bonchev–Trinajstić information content (AvgIpc) is 2.00. The van der Waals surface area contributed by atoms with E-state index in [1.165, 1.54) is 0 Å². The van der Waals surface area contributed by atoms with Gasteiger partial charge in [0.25, 0.3) is 0 Å². The SMILES string of the molecule is C=C(C(C)=CC=O)C(C)C(C)(C)C. The molecule has 0 spiro atoms. The maximum absolute atomic E-state index is 10.3. The Morgan fingerprint density at radius 3 is 2.15 bits per heavy atom. The molecule has 74 valence electrons. The predicted molar refractivity (Wildman–Crippen MR) is 57.6 cm³/mol. The molecule has 0 bridgehead atoms. The quantitative estimate of drug-likeness (QED) is 0.370. The van der Waals surface area contributed by atoms with Gasteiger partial charge in [-0.1, -0.05) is 34.3 Å². The van der Waals surface area contributed by atoms with Gasteiger partial charge < -0.3 is 0 Å². The van der Waals surface area contributed by atoms with Crippen LogP contribution in [0.5, 0.6) is 0 Å². The molecule has 1 unspecified atom stereocenters. The number of carbonyl (C=O) groups is 1. The summed E-state index contributed by atoms with van der Waals surface area (Å²) in [5.41, 5.74) is 2.24. The fourth-order valence-corrected chi connectivity index (χ4v) is 1.07. The van der Waals surface area contributed by atoms with Gasteiger partial charge in [0.1, 0.15) is 6.29 Å². The molecule has 0 radical (unpaired) electrons. The number of carbonyl (C=O) groups excluding carboxylic acids is 1. The largest absolute Gasteiger partial charge is 0.299 e. The Hall–Kier alpha value is -0.850. The van der Waals surface area contributed by atoms with Crippen molar-refractivity contribution in [2.24, 2.45) is 11.3 Å². The lowest BCUT2D eigenvalue weighted by Gasteiger charge is -2.29. The molecule has 0 amide bonds. The normalized spacial score (nSPS) is 15.3. The van der Waals surface area contributed by atoms with Crippen molar-refractivity contribution in [3.05, 3.63) is 23.8 Å². The third kappa shape index (κ3) is 3.58. The van der Waals surface area contributed by atoms with Crippen LogP contribution in [0.2, 0.25) is 0 Å². The van der Waals surface area contributed by atoms with Crippen molar-refractivity contribution in [3.63, 3.8) is 0 Å². The highest BCUT2D eigenvalue weighted by atomic mass is 16.1. The Balaban J connectivity index is 4.62. The van der Waals surface area contributed by atoms with E-state index in [1.54, 1.807) is 6.08 Å². The molecule has 0 aromatic carbocycles. The first-order chi connectivity index (χ1) is 5.80. The van der Waals surface area contributed by atoms with E-state index in [9.17, 15) is 4.79 Å². The summed E-state index contributed by atoms with van der Waals surface area (Å²) in [6.07, 6.45) is 2.39. The molecule has 0 saturated carbocycles. The van der Waals surface area contributed by atoms with E-state index in [0.717, 1.165) is 17.4 Å². The summed E-state index contributed by atoms with van der Waals surface area (Å²) in [7, 11) is 0. The molecule has 0 aliphatic rings. The van der Waals surface area contributed by atoms with E-state index in [0.29, 0.717) is 5.92 Å². The zero-order chi connectivity index (χ0) is 10.6.